The van der Waals surface area contributed by atoms with Crippen LogP contribution in [0, 0.1) is 0 Å². The highest BCUT2D eigenvalue weighted by molar-refractivity contribution is 6.19. The van der Waals surface area contributed by atoms with Crippen LogP contribution in [-0.4, -0.2) is 32.5 Å². The number of aromatic nitrogens is 7. The van der Waals surface area contributed by atoms with Crippen molar-refractivity contribution >= 4 is 78.6 Å². The van der Waals surface area contributed by atoms with E-state index < -0.39 is 0 Å². The molecule has 15 rings (SSSR count). The predicted octanol–water partition coefficient (Wildman–Crippen LogP) is 15.8. The fourth-order valence-corrected chi connectivity index (χ4v) is 11.7. The van der Waals surface area contributed by atoms with Crippen molar-refractivity contribution in [2.75, 3.05) is 0 Å². The van der Waals surface area contributed by atoms with Gasteiger partial charge in [-0.3, -0.25) is 17.9 Å². The Morgan fingerprint density at radius 1 is 0.386 bits per heavy atom. The lowest BCUT2D eigenvalue weighted by Crippen LogP contribution is -2.00. The van der Waals surface area contributed by atoms with Crippen LogP contribution in [0.3, 0.4) is 0 Å². The highest BCUT2D eigenvalue weighted by Gasteiger charge is 2.27. The summed E-state index contributed by atoms with van der Waals surface area (Å²) in [6.45, 7) is 6.20. The lowest BCUT2D eigenvalue weighted by atomic mass is 9.81. The zero-order chi connectivity index (χ0) is 46.2. The minimum atomic E-state index is 0.835. The van der Waals surface area contributed by atoms with Crippen LogP contribution in [-0.2, 0) is 0 Å². The molecule has 5 aromatic heterocycles. The van der Waals surface area contributed by atoms with Crippen molar-refractivity contribution in [3.8, 4) is 61.6 Å². The first-order chi connectivity index (χ1) is 34.7. The average molecular weight is 896 g/mol. The second kappa shape index (κ2) is 14.5. The van der Waals surface area contributed by atoms with E-state index in [1.54, 1.807) is 0 Å². The normalized spacial score (nSPS) is 12.4. The fourth-order valence-electron chi connectivity index (χ4n) is 11.7. The molecular weight excluding hydrogens is 855 g/mol. The summed E-state index contributed by atoms with van der Waals surface area (Å²) in [5, 5.41) is 2.23. The van der Waals surface area contributed by atoms with Crippen LogP contribution >= 0.6 is 0 Å². The summed E-state index contributed by atoms with van der Waals surface area (Å²) in [7, 11) is 0. The molecule has 0 atom stereocenters. The molecule has 0 bridgehead atoms. The Morgan fingerprint density at radius 2 is 0.886 bits per heavy atom. The number of allylic oxidation sites excluding steroid dienone is 1. The van der Waals surface area contributed by atoms with Crippen LogP contribution in [0.5, 0.6) is 0 Å². The summed E-state index contributed by atoms with van der Waals surface area (Å²) in [5.41, 5.74) is 23.2. The molecule has 7 nitrogen and oxygen atoms in total. The Balaban J connectivity index is 1.07. The number of hydrogen-bond acceptors (Lipinski definition) is 2. The molecule has 14 aromatic rings. The fraction of sp³-hybridized carbons (Fsp3) is 0.0159. The predicted molar refractivity (Wildman–Crippen MR) is 290 cm³/mol. The molecule has 1 aliphatic rings. The van der Waals surface area contributed by atoms with Gasteiger partial charge in [-0.15, -0.1) is 0 Å². The molecule has 0 unspecified atom stereocenters. The van der Waals surface area contributed by atoms with Crippen LogP contribution in [0.15, 0.2) is 213 Å². The Hall–Kier alpha value is -9.46. The smallest absolute Gasteiger partial charge is 0.220 e. The highest BCUT2D eigenvalue weighted by Crippen LogP contribution is 2.49. The van der Waals surface area contributed by atoms with Crippen molar-refractivity contribution in [3.05, 3.63) is 224 Å². The van der Waals surface area contributed by atoms with E-state index in [0.717, 1.165) is 94.9 Å². The molecule has 70 heavy (non-hydrogen) atoms. The third kappa shape index (κ3) is 5.17. The molecule has 0 N–H and O–H groups in total. The first kappa shape index (κ1) is 38.6. The molecule has 0 saturated carbocycles. The molecule has 7 heteroatoms. The van der Waals surface area contributed by atoms with E-state index in [4.69, 9.17) is 9.97 Å². The number of imidazole rings is 4. The minimum Gasteiger partial charge on any atom is -0.307 e. The molecule has 0 spiro atoms. The molecular formula is C63H41N7. The van der Waals surface area contributed by atoms with Gasteiger partial charge in [-0.25, -0.2) is 9.97 Å². The number of benzene rings is 9. The summed E-state index contributed by atoms with van der Waals surface area (Å²) < 4.78 is 11.6. The van der Waals surface area contributed by atoms with Gasteiger partial charge in [-0.1, -0.05) is 134 Å². The molecule has 1 aliphatic carbocycles. The van der Waals surface area contributed by atoms with Crippen molar-refractivity contribution in [2.24, 2.45) is 0 Å². The summed E-state index contributed by atoms with van der Waals surface area (Å²) in [6, 6.07) is 72.8. The molecule has 0 amide bonds. The van der Waals surface area contributed by atoms with Gasteiger partial charge >= 0.3 is 0 Å². The number of rotatable bonds is 5. The van der Waals surface area contributed by atoms with Gasteiger partial charge in [0, 0.05) is 27.8 Å². The van der Waals surface area contributed by atoms with Crippen molar-refractivity contribution in [1.82, 2.24) is 32.5 Å². The Labute approximate surface area is 402 Å². The third-order valence-electron chi connectivity index (χ3n) is 14.6. The van der Waals surface area contributed by atoms with E-state index in [1.165, 1.54) is 44.5 Å². The van der Waals surface area contributed by atoms with Crippen LogP contribution < -0.4 is 0 Å². The summed E-state index contributed by atoms with van der Waals surface area (Å²) >= 11 is 0. The maximum absolute atomic E-state index is 5.71. The zero-order valence-corrected chi connectivity index (χ0v) is 38.1. The number of nitrogens with zero attached hydrogens (tertiary/aromatic N) is 7. The Kier molecular flexibility index (Phi) is 8.01. The monoisotopic (exact) mass is 895 g/mol. The number of hydrogen-bond donors (Lipinski definition) is 0. The largest absolute Gasteiger partial charge is 0.307 e. The second-order valence-electron chi connectivity index (χ2n) is 18.2. The Bertz CT molecular complexity index is 4560. The van der Waals surface area contributed by atoms with Gasteiger partial charge < -0.3 is 4.57 Å². The zero-order valence-electron chi connectivity index (χ0n) is 38.1. The topological polar surface area (TPSA) is 49.4 Å². The van der Waals surface area contributed by atoms with Gasteiger partial charge in [0.2, 0.25) is 11.6 Å². The first-order valence-electron chi connectivity index (χ1n) is 23.8. The van der Waals surface area contributed by atoms with Gasteiger partial charge in [0.25, 0.3) is 0 Å². The van der Waals surface area contributed by atoms with Gasteiger partial charge in [-0.05, 0) is 142 Å². The van der Waals surface area contributed by atoms with E-state index in [-0.39, 0.29) is 0 Å². The average Bonchev–Trinajstić information content (AvgIpc) is 4.21. The van der Waals surface area contributed by atoms with Crippen LogP contribution in [0.25, 0.3) is 140 Å². The molecule has 0 fully saturated rings. The quantitative estimate of drug-likeness (QED) is 0.173. The van der Waals surface area contributed by atoms with Crippen molar-refractivity contribution < 1.29 is 0 Å². The summed E-state index contributed by atoms with van der Waals surface area (Å²) in [5.74, 6) is 1.70. The lowest BCUT2D eigenvalue weighted by Gasteiger charge is -2.24. The van der Waals surface area contributed by atoms with E-state index in [0.29, 0.717) is 0 Å². The first-order valence-corrected chi connectivity index (χ1v) is 23.8. The van der Waals surface area contributed by atoms with Gasteiger partial charge in [0.15, 0.2) is 0 Å². The van der Waals surface area contributed by atoms with Crippen molar-refractivity contribution in [3.63, 3.8) is 0 Å². The van der Waals surface area contributed by atoms with Gasteiger partial charge in [-0.2, -0.15) is 0 Å². The number of para-hydroxylation sites is 5. The molecule has 9 aromatic carbocycles. The van der Waals surface area contributed by atoms with E-state index in [1.807, 2.05) is 13.0 Å². The van der Waals surface area contributed by atoms with E-state index >= 15 is 0 Å². The second-order valence-corrected chi connectivity index (χ2v) is 18.2. The molecule has 0 radical (unpaired) electrons. The van der Waals surface area contributed by atoms with Crippen molar-refractivity contribution in [1.29, 1.82) is 0 Å². The maximum Gasteiger partial charge on any atom is 0.220 e. The number of fused-ring (bicyclic) bond motifs is 20. The van der Waals surface area contributed by atoms with E-state index in [2.05, 4.69) is 241 Å². The Morgan fingerprint density at radius 3 is 1.51 bits per heavy atom. The van der Waals surface area contributed by atoms with Crippen LogP contribution in [0.2, 0.25) is 0 Å². The minimum absolute atomic E-state index is 0.835. The lowest BCUT2D eigenvalue weighted by molar-refractivity contribution is 1.10. The van der Waals surface area contributed by atoms with Gasteiger partial charge in [0.05, 0.1) is 50.0 Å². The summed E-state index contributed by atoms with van der Waals surface area (Å²) in [6.07, 6.45) is 6.03. The van der Waals surface area contributed by atoms with Crippen molar-refractivity contribution in [2.45, 2.75) is 6.92 Å². The molecule has 328 valence electrons. The molecule has 5 heterocycles. The van der Waals surface area contributed by atoms with E-state index in [9.17, 15) is 0 Å². The summed E-state index contributed by atoms with van der Waals surface area (Å²) in [4.78, 5) is 10.9. The third-order valence-corrected chi connectivity index (χ3v) is 14.6. The highest BCUT2D eigenvalue weighted by atomic mass is 15.2. The van der Waals surface area contributed by atoms with Crippen LogP contribution in [0.1, 0.15) is 18.3 Å². The standard InChI is InChI=1S/C63H41N7/c1-3-18-54-52(4-2)64-62-68(56-28-15-16-29-57(56)69(54)62)41-32-35-53-51(38-41)49-34-36-59-60(65-63-67(39-19-6-5-7-20-39)55-27-14-17-30-58(55)70(59)63)61(49)66(53)40-31-33-48-46-25-11-10-23-44(46)42-21-8-9-22-43(42)45-24-12-13-26-47(45)50(48)37-40/h3-38H,2H2,1H3/b18-3-,44-42?,45-43?,48-46?,50-47?. The SMILES string of the molecule is C=Cc1nc2n(-c3ccc4c(c3)c3ccc5c(nc6n(-c7ccccc7)c7ccccc7n56)c3n4-c3ccc4c(c3)-c3ccccc3-c3ccccc3-c3ccccc3-4)c3ccccc3n2c1/C=C\C. The maximum atomic E-state index is 5.71. The van der Waals surface area contributed by atoms with Crippen LogP contribution in [0.4, 0.5) is 0 Å². The molecule has 0 saturated heterocycles. The molecule has 0 aliphatic heterocycles. The van der Waals surface area contributed by atoms with Gasteiger partial charge in [0.1, 0.15) is 5.52 Å².